The molecule has 0 N–H and O–H groups in total. The van der Waals surface area contributed by atoms with Crippen LogP contribution in [0.25, 0.3) is 5.57 Å². The molecule has 0 radical (unpaired) electrons. The molecule has 0 amide bonds. The second kappa shape index (κ2) is 4.67. The lowest BCUT2D eigenvalue weighted by molar-refractivity contribution is 0.104. The van der Waals surface area contributed by atoms with E-state index in [4.69, 9.17) is 0 Å². The van der Waals surface area contributed by atoms with Crippen molar-refractivity contribution in [1.29, 1.82) is 0 Å². The van der Waals surface area contributed by atoms with Crippen molar-refractivity contribution in [3.8, 4) is 0 Å². The van der Waals surface area contributed by atoms with Gasteiger partial charge in [0.15, 0.2) is 5.78 Å². The Balaban J connectivity index is 2.06. The highest BCUT2D eigenvalue weighted by Gasteiger charge is 2.41. The molecule has 0 spiro atoms. The monoisotopic (exact) mass is 316 g/mol. The van der Waals surface area contributed by atoms with Gasteiger partial charge in [-0.25, -0.2) is 0 Å². The van der Waals surface area contributed by atoms with Gasteiger partial charge in [0.25, 0.3) is 0 Å². The quantitative estimate of drug-likeness (QED) is 0.519. The molecular weight excluding hydrogens is 296 g/mol. The van der Waals surface area contributed by atoms with Crippen molar-refractivity contribution in [2.75, 3.05) is 0 Å². The second-order valence-corrected chi connectivity index (χ2v) is 12.6. The number of fused-ring (bicyclic) bond motifs is 4. The average molecular weight is 316 g/mol. The van der Waals surface area contributed by atoms with Crippen LogP contribution in [0.5, 0.6) is 0 Å². The van der Waals surface area contributed by atoms with Gasteiger partial charge in [-0.2, -0.15) is 0 Å². The molecule has 0 bridgehead atoms. The molecule has 1 unspecified atom stereocenters. The first-order chi connectivity index (χ1) is 10.9. The zero-order valence-corrected chi connectivity index (χ0v) is 15.0. The van der Waals surface area contributed by atoms with Crippen LogP contribution < -0.4 is 0 Å². The number of Topliss-reactive ketones (excluding diaryl/α,β-unsaturated/α-hetero) is 1. The Morgan fingerprint density at radius 2 is 1.70 bits per heavy atom. The van der Waals surface area contributed by atoms with E-state index in [1.807, 2.05) is 24.3 Å². The molecule has 0 fully saturated rings. The Labute approximate surface area is 138 Å². The van der Waals surface area contributed by atoms with Gasteiger partial charge in [0.1, 0.15) is 0 Å². The molecule has 4 rings (SSSR count). The Bertz CT molecular complexity index is 909. The maximum absolute atomic E-state index is 13.1. The molecule has 2 heteroatoms. The summed E-state index contributed by atoms with van der Waals surface area (Å²) in [7, 11) is -1.62. The van der Waals surface area contributed by atoms with Crippen molar-refractivity contribution < 1.29 is 4.79 Å². The van der Waals surface area contributed by atoms with Crippen LogP contribution in [0, 0.1) is 5.92 Å². The number of hydrogen-bond donors (Lipinski definition) is 0. The molecule has 0 heterocycles. The maximum Gasteiger partial charge on any atom is 0.194 e. The van der Waals surface area contributed by atoms with Gasteiger partial charge >= 0.3 is 0 Å². The van der Waals surface area contributed by atoms with E-state index in [9.17, 15) is 4.79 Å². The number of benzene rings is 1. The molecule has 1 atom stereocenters. The molecule has 1 aromatic carbocycles. The number of carbonyl (C=O) groups excluding carboxylic acids is 1. The fraction of sp³-hybridized carbons (Fsp3) is 0.238. The topological polar surface area (TPSA) is 17.1 Å². The van der Waals surface area contributed by atoms with Gasteiger partial charge in [0.2, 0.25) is 0 Å². The lowest BCUT2D eigenvalue weighted by atomic mass is 9.81. The molecule has 3 aliphatic carbocycles. The molecule has 1 nitrogen and oxygen atoms in total. The minimum Gasteiger partial charge on any atom is -0.289 e. The third-order valence-corrected chi connectivity index (χ3v) is 6.87. The van der Waals surface area contributed by atoms with E-state index in [1.165, 1.54) is 10.8 Å². The number of carbonyl (C=O) groups is 1. The van der Waals surface area contributed by atoms with E-state index in [0.717, 1.165) is 27.8 Å². The van der Waals surface area contributed by atoms with Crippen LogP contribution in [0.1, 0.15) is 22.8 Å². The van der Waals surface area contributed by atoms with Crippen molar-refractivity contribution in [3.05, 3.63) is 81.3 Å². The molecule has 0 aliphatic heterocycles. The van der Waals surface area contributed by atoms with E-state index in [2.05, 4.69) is 50.5 Å². The molecule has 1 aromatic rings. The van der Waals surface area contributed by atoms with Crippen LogP contribution in [0.15, 0.2) is 70.1 Å². The summed E-state index contributed by atoms with van der Waals surface area (Å²) in [5.41, 5.74) is 9.88. The summed E-state index contributed by atoms with van der Waals surface area (Å²) in [5, 5.41) is 1.30. The van der Waals surface area contributed by atoms with Crippen LogP contribution in [-0.2, 0) is 0 Å². The zero-order chi connectivity index (χ0) is 16.4. The van der Waals surface area contributed by atoms with Crippen LogP contribution in [-0.4, -0.2) is 13.9 Å². The number of hydrogen-bond acceptors (Lipinski definition) is 1. The maximum atomic E-state index is 13.1. The minimum atomic E-state index is -1.62. The Morgan fingerprint density at radius 1 is 1.00 bits per heavy atom. The Hall–Kier alpha value is -2.15. The smallest absolute Gasteiger partial charge is 0.194 e. The standard InChI is InChI=1S/C21H20OSi/c1-13-9-10-15-14(11-13)12-18(23(2,3)4)20-19(15)16-7-5-6-8-17(16)21(20)22/h5-9,11-12,14H,1-4H3. The molecule has 23 heavy (non-hydrogen) atoms. The molecular formula is C21H20OSi. The van der Waals surface area contributed by atoms with Gasteiger partial charge in [0, 0.05) is 28.2 Å². The fourth-order valence-electron chi connectivity index (χ4n) is 3.78. The summed E-state index contributed by atoms with van der Waals surface area (Å²) in [6, 6.07) is 8.03. The predicted octanol–water partition coefficient (Wildman–Crippen LogP) is 5.11. The molecule has 0 aromatic heterocycles. The minimum absolute atomic E-state index is 0.198. The summed E-state index contributed by atoms with van der Waals surface area (Å²) < 4.78 is 0. The highest BCUT2D eigenvalue weighted by atomic mass is 28.3. The Kier molecular flexibility index (Phi) is 2.93. The fourth-order valence-corrected chi connectivity index (χ4v) is 5.45. The van der Waals surface area contributed by atoms with E-state index < -0.39 is 8.07 Å². The van der Waals surface area contributed by atoms with Crippen LogP contribution in [0.2, 0.25) is 19.6 Å². The van der Waals surface area contributed by atoms with Crippen molar-refractivity contribution in [2.24, 2.45) is 5.92 Å². The van der Waals surface area contributed by atoms with E-state index in [1.54, 1.807) is 0 Å². The molecule has 0 saturated carbocycles. The molecule has 114 valence electrons. The normalized spacial score (nSPS) is 22.2. The first-order valence-corrected chi connectivity index (χ1v) is 11.6. The third-order valence-electron chi connectivity index (χ3n) is 4.84. The zero-order valence-electron chi connectivity index (χ0n) is 14.0. The van der Waals surface area contributed by atoms with Gasteiger partial charge in [0.05, 0.1) is 8.07 Å². The summed E-state index contributed by atoms with van der Waals surface area (Å²) in [5.74, 6) is 0.447. The number of rotatable bonds is 1. The first kappa shape index (κ1) is 14.4. The average Bonchev–Trinajstić information content (AvgIpc) is 2.79. The van der Waals surface area contributed by atoms with E-state index in [-0.39, 0.29) is 11.7 Å². The van der Waals surface area contributed by atoms with Gasteiger partial charge < -0.3 is 0 Å². The molecule has 0 saturated heterocycles. The van der Waals surface area contributed by atoms with Gasteiger partial charge in [-0.3, -0.25) is 4.79 Å². The third kappa shape index (κ3) is 2.03. The number of ketones is 1. The summed E-state index contributed by atoms with van der Waals surface area (Å²) in [6.45, 7) is 9.08. The van der Waals surface area contributed by atoms with Gasteiger partial charge in [-0.05, 0) is 24.1 Å². The van der Waals surface area contributed by atoms with Crippen molar-refractivity contribution in [1.82, 2.24) is 0 Å². The number of allylic oxidation sites excluding steroid dienone is 7. The van der Waals surface area contributed by atoms with Crippen LogP contribution >= 0.6 is 0 Å². The lowest BCUT2D eigenvalue weighted by Crippen LogP contribution is -2.30. The largest absolute Gasteiger partial charge is 0.289 e. The first-order valence-electron chi connectivity index (χ1n) is 8.14. The second-order valence-electron chi connectivity index (χ2n) is 7.59. The van der Waals surface area contributed by atoms with Gasteiger partial charge in [-0.1, -0.05) is 61.3 Å². The SMILES string of the molecule is CC1=CC2C=C([Si](C)(C)C)C3=C(C2=C=C1)c1ccccc1C3=O. The predicted molar refractivity (Wildman–Crippen MR) is 98.0 cm³/mol. The summed E-state index contributed by atoms with van der Waals surface area (Å²) in [4.78, 5) is 13.1. The van der Waals surface area contributed by atoms with Crippen molar-refractivity contribution >= 4 is 19.4 Å². The summed E-state index contributed by atoms with van der Waals surface area (Å²) >= 11 is 0. The highest BCUT2D eigenvalue weighted by molar-refractivity contribution is 6.85. The molecule has 3 aliphatic rings. The Morgan fingerprint density at radius 3 is 2.39 bits per heavy atom. The van der Waals surface area contributed by atoms with E-state index in [0.29, 0.717) is 0 Å². The van der Waals surface area contributed by atoms with Crippen molar-refractivity contribution in [2.45, 2.75) is 26.6 Å². The van der Waals surface area contributed by atoms with Gasteiger partial charge in [-0.15, -0.1) is 5.73 Å². The van der Waals surface area contributed by atoms with Crippen molar-refractivity contribution in [3.63, 3.8) is 0 Å². The summed E-state index contributed by atoms with van der Waals surface area (Å²) in [6.07, 6.45) is 6.66. The lowest BCUT2D eigenvalue weighted by Gasteiger charge is -2.31. The van der Waals surface area contributed by atoms with Crippen LogP contribution in [0.3, 0.4) is 0 Å². The highest BCUT2D eigenvalue weighted by Crippen LogP contribution is 2.49. The van der Waals surface area contributed by atoms with E-state index >= 15 is 0 Å². The van der Waals surface area contributed by atoms with Crippen LogP contribution in [0.4, 0.5) is 0 Å².